The molecule has 0 spiro atoms. The molecule has 1 aliphatic heterocycles. The van der Waals surface area contributed by atoms with E-state index in [1.807, 2.05) is 11.8 Å². The van der Waals surface area contributed by atoms with Gasteiger partial charge in [0.15, 0.2) is 0 Å². The summed E-state index contributed by atoms with van der Waals surface area (Å²) in [6.45, 7) is 1.08. The molecule has 5 nitrogen and oxygen atoms in total. The van der Waals surface area contributed by atoms with Crippen LogP contribution in [0.15, 0.2) is 24.3 Å². The van der Waals surface area contributed by atoms with Gasteiger partial charge in [-0.1, -0.05) is 19.3 Å². The van der Waals surface area contributed by atoms with Crippen molar-refractivity contribution in [3.05, 3.63) is 24.3 Å². The van der Waals surface area contributed by atoms with Gasteiger partial charge in [-0.15, -0.1) is 0 Å². The first-order chi connectivity index (χ1) is 12.1. The Balaban J connectivity index is 1.42. The van der Waals surface area contributed by atoms with Crippen molar-refractivity contribution < 1.29 is 14.7 Å². The number of benzene rings is 1. The fourth-order valence-corrected chi connectivity index (χ4v) is 4.76. The second kappa shape index (κ2) is 8.61. The van der Waals surface area contributed by atoms with Gasteiger partial charge in [0.25, 0.3) is 0 Å². The van der Waals surface area contributed by atoms with Crippen molar-refractivity contribution in [3.63, 3.8) is 0 Å². The van der Waals surface area contributed by atoms with E-state index in [-0.39, 0.29) is 29.9 Å². The molecule has 2 amide bonds. The van der Waals surface area contributed by atoms with Gasteiger partial charge in [-0.2, -0.15) is 11.8 Å². The van der Waals surface area contributed by atoms with Crippen molar-refractivity contribution in [1.82, 2.24) is 5.32 Å². The zero-order valence-electron chi connectivity index (χ0n) is 14.4. The lowest BCUT2D eigenvalue weighted by molar-refractivity contribution is -0.126. The number of rotatable bonds is 6. The first-order valence-corrected chi connectivity index (χ1v) is 10.2. The van der Waals surface area contributed by atoms with Gasteiger partial charge in [-0.25, -0.2) is 0 Å². The number of nitrogens with one attached hydrogen (secondary N) is 1. The Labute approximate surface area is 153 Å². The number of phenolic OH excluding ortho intramolecular Hbond substituents is 1. The lowest BCUT2D eigenvalue weighted by Crippen LogP contribution is -2.34. The molecule has 25 heavy (non-hydrogen) atoms. The molecule has 1 saturated heterocycles. The average molecular weight is 362 g/mol. The van der Waals surface area contributed by atoms with E-state index >= 15 is 0 Å². The molecule has 1 aromatic carbocycles. The molecule has 1 aliphatic carbocycles. The Hall–Kier alpha value is -1.69. The van der Waals surface area contributed by atoms with Crippen molar-refractivity contribution in [1.29, 1.82) is 0 Å². The number of hydrogen-bond acceptors (Lipinski definition) is 4. The van der Waals surface area contributed by atoms with E-state index in [9.17, 15) is 14.7 Å². The summed E-state index contributed by atoms with van der Waals surface area (Å²) in [5.41, 5.74) is 0.728. The Morgan fingerprint density at radius 3 is 2.64 bits per heavy atom. The molecule has 2 N–H and O–H groups in total. The van der Waals surface area contributed by atoms with E-state index in [0.29, 0.717) is 13.1 Å². The standard InChI is InChI=1S/C19H26N2O3S/c22-16-8-6-15(7-9-16)21-13-14(12-18(21)23)19(24)20-10-11-25-17-4-2-1-3-5-17/h6-9,14,17,22H,1-5,10-13H2,(H,20,24). The lowest BCUT2D eigenvalue weighted by Gasteiger charge is -2.21. The number of nitrogens with zero attached hydrogens (tertiary/aromatic N) is 1. The lowest BCUT2D eigenvalue weighted by atomic mass is 10.0. The maximum Gasteiger partial charge on any atom is 0.227 e. The molecular formula is C19H26N2O3S. The van der Waals surface area contributed by atoms with Gasteiger partial charge in [0.05, 0.1) is 5.92 Å². The summed E-state index contributed by atoms with van der Waals surface area (Å²) >= 11 is 1.97. The molecule has 0 aromatic heterocycles. The Kier molecular flexibility index (Phi) is 6.24. The van der Waals surface area contributed by atoms with Gasteiger partial charge in [-0.3, -0.25) is 9.59 Å². The third-order valence-corrected chi connectivity index (χ3v) is 6.35. The predicted molar refractivity (Wildman–Crippen MR) is 101 cm³/mol. The van der Waals surface area contributed by atoms with Crippen LogP contribution in [0.4, 0.5) is 5.69 Å². The molecule has 0 radical (unpaired) electrons. The Morgan fingerprint density at radius 1 is 1.20 bits per heavy atom. The smallest absolute Gasteiger partial charge is 0.227 e. The summed E-state index contributed by atoms with van der Waals surface area (Å²) in [4.78, 5) is 26.1. The van der Waals surface area contributed by atoms with E-state index < -0.39 is 0 Å². The first-order valence-electron chi connectivity index (χ1n) is 9.12. The van der Waals surface area contributed by atoms with Crippen molar-refractivity contribution in [3.8, 4) is 5.75 Å². The van der Waals surface area contributed by atoms with Gasteiger partial charge in [-0.05, 0) is 37.1 Å². The zero-order valence-corrected chi connectivity index (χ0v) is 15.3. The first kappa shape index (κ1) is 18.1. The third-order valence-electron chi connectivity index (χ3n) is 4.96. The summed E-state index contributed by atoms with van der Waals surface area (Å²) in [5, 5.41) is 13.1. The van der Waals surface area contributed by atoms with E-state index in [0.717, 1.165) is 16.7 Å². The molecule has 1 aromatic rings. The normalized spacial score (nSPS) is 21.5. The van der Waals surface area contributed by atoms with E-state index in [4.69, 9.17) is 0 Å². The maximum atomic E-state index is 12.3. The number of hydrogen-bond donors (Lipinski definition) is 2. The molecule has 1 heterocycles. The van der Waals surface area contributed by atoms with Gasteiger partial charge >= 0.3 is 0 Å². The number of carbonyl (C=O) groups is 2. The minimum atomic E-state index is -0.291. The largest absolute Gasteiger partial charge is 0.508 e. The number of anilines is 1. The maximum absolute atomic E-state index is 12.3. The van der Waals surface area contributed by atoms with Crippen LogP contribution in [0.5, 0.6) is 5.75 Å². The van der Waals surface area contributed by atoms with Crippen molar-refractivity contribution in [2.24, 2.45) is 5.92 Å². The highest BCUT2D eigenvalue weighted by Gasteiger charge is 2.34. The molecule has 2 fully saturated rings. The van der Waals surface area contributed by atoms with Crippen LogP contribution in [0, 0.1) is 5.92 Å². The number of carbonyl (C=O) groups excluding carboxylic acids is 2. The average Bonchev–Trinajstić information content (AvgIpc) is 3.02. The minimum absolute atomic E-state index is 0.0288. The van der Waals surface area contributed by atoms with Crippen LogP contribution in [-0.2, 0) is 9.59 Å². The topological polar surface area (TPSA) is 69.6 Å². The summed E-state index contributed by atoms with van der Waals surface area (Å²) in [7, 11) is 0. The van der Waals surface area contributed by atoms with Crippen LogP contribution < -0.4 is 10.2 Å². The fourth-order valence-electron chi connectivity index (χ4n) is 3.54. The van der Waals surface area contributed by atoms with Gasteiger partial charge in [0.2, 0.25) is 11.8 Å². The van der Waals surface area contributed by atoms with Gasteiger partial charge < -0.3 is 15.3 Å². The summed E-state index contributed by atoms with van der Waals surface area (Å²) in [6, 6.07) is 6.51. The van der Waals surface area contributed by atoms with Crippen LogP contribution in [0.3, 0.4) is 0 Å². The van der Waals surface area contributed by atoms with E-state index in [1.54, 1.807) is 29.2 Å². The third kappa shape index (κ3) is 4.91. The minimum Gasteiger partial charge on any atom is -0.508 e. The number of thioether (sulfide) groups is 1. The van der Waals surface area contributed by atoms with Crippen LogP contribution in [0.25, 0.3) is 0 Å². The summed E-state index contributed by atoms with van der Waals surface area (Å²) < 4.78 is 0. The molecule has 136 valence electrons. The number of phenols is 1. The second-order valence-electron chi connectivity index (χ2n) is 6.84. The zero-order chi connectivity index (χ0) is 17.6. The van der Waals surface area contributed by atoms with Crippen molar-refractivity contribution in [2.45, 2.75) is 43.8 Å². The molecule has 3 rings (SSSR count). The fraction of sp³-hybridized carbons (Fsp3) is 0.579. The highest BCUT2D eigenvalue weighted by molar-refractivity contribution is 7.99. The summed E-state index contributed by atoms with van der Waals surface area (Å²) in [5.74, 6) is 0.751. The number of amides is 2. The molecule has 6 heteroatoms. The molecule has 0 bridgehead atoms. The quantitative estimate of drug-likeness (QED) is 0.764. The Morgan fingerprint density at radius 2 is 1.92 bits per heavy atom. The molecule has 1 saturated carbocycles. The monoisotopic (exact) mass is 362 g/mol. The predicted octanol–water partition coefficient (Wildman–Crippen LogP) is 2.93. The van der Waals surface area contributed by atoms with Gasteiger partial charge in [0, 0.05) is 36.2 Å². The molecule has 1 unspecified atom stereocenters. The van der Waals surface area contributed by atoms with Crippen LogP contribution >= 0.6 is 11.8 Å². The summed E-state index contributed by atoms with van der Waals surface area (Å²) in [6.07, 6.45) is 6.89. The second-order valence-corrected chi connectivity index (χ2v) is 8.25. The van der Waals surface area contributed by atoms with E-state index in [1.165, 1.54) is 32.1 Å². The molecular weight excluding hydrogens is 336 g/mol. The van der Waals surface area contributed by atoms with E-state index in [2.05, 4.69) is 5.32 Å². The molecule has 1 atom stereocenters. The SMILES string of the molecule is O=C(NCCSC1CCCCC1)C1CC(=O)N(c2ccc(O)cc2)C1. The highest BCUT2D eigenvalue weighted by atomic mass is 32.2. The van der Waals surface area contributed by atoms with Crippen LogP contribution in [-0.4, -0.2) is 41.0 Å². The Bertz CT molecular complexity index is 599. The van der Waals surface area contributed by atoms with Crippen LogP contribution in [0.1, 0.15) is 38.5 Å². The molecule has 2 aliphatic rings. The van der Waals surface area contributed by atoms with Crippen molar-refractivity contribution >= 4 is 29.3 Å². The van der Waals surface area contributed by atoms with Gasteiger partial charge in [0.1, 0.15) is 5.75 Å². The van der Waals surface area contributed by atoms with Crippen molar-refractivity contribution in [2.75, 3.05) is 23.7 Å². The number of aromatic hydroxyl groups is 1. The van der Waals surface area contributed by atoms with Crippen LogP contribution in [0.2, 0.25) is 0 Å². The highest BCUT2D eigenvalue weighted by Crippen LogP contribution is 2.28.